The largest absolute Gasteiger partial charge is 0.332 e. The average Bonchev–Trinajstić information content (AvgIpc) is 3.21. The van der Waals surface area contributed by atoms with Crippen molar-refractivity contribution < 1.29 is 9.59 Å². The van der Waals surface area contributed by atoms with Crippen LogP contribution >= 0.6 is 0 Å². The van der Waals surface area contributed by atoms with Crippen LogP contribution in [0.5, 0.6) is 0 Å². The lowest BCUT2D eigenvalue weighted by atomic mass is 9.98. The van der Waals surface area contributed by atoms with Gasteiger partial charge in [-0.05, 0) is 43.5 Å². The van der Waals surface area contributed by atoms with Gasteiger partial charge in [0.2, 0.25) is 5.91 Å². The Hall–Kier alpha value is -3.48. The topological polar surface area (TPSA) is 80.1 Å². The quantitative estimate of drug-likeness (QED) is 0.726. The van der Waals surface area contributed by atoms with Gasteiger partial charge in [-0.15, -0.1) is 0 Å². The van der Waals surface area contributed by atoms with Crippen molar-refractivity contribution in [2.75, 3.05) is 11.9 Å². The zero-order valence-electron chi connectivity index (χ0n) is 16.1. The molecule has 0 aliphatic carbocycles. The minimum absolute atomic E-state index is 0.00406. The molecule has 1 atom stereocenters. The van der Waals surface area contributed by atoms with E-state index in [1.165, 1.54) is 0 Å². The molecular formula is C22H23N5O2. The fourth-order valence-electron chi connectivity index (χ4n) is 3.65. The van der Waals surface area contributed by atoms with Crippen molar-refractivity contribution in [2.24, 2.45) is 0 Å². The summed E-state index contributed by atoms with van der Waals surface area (Å²) >= 11 is 0. The molecule has 2 amide bonds. The fourth-order valence-corrected chi connectivity index (χ4v) is 3.65. The molecular weight excluding hydrogens is 366 g/mol. The van der Waals surface area contributed by atoms with Crippen LogP contribution < -0.4 is 5.32 Å². The number of anilines is 1. The average molecular weight is 389 g/mol. The van der Waals surface area contributed by atoms with Gasteiger partial charge < -0.3 is 10.2 Å². The lowest BCUT2D eigenvalue weighted by molar-refractivity contribution is -0.136. The Morgan fingerprint density at radius 1 is 1.07 bits per heavy atom. The van der Waals surface area contributed by atoms with Crippen molar-refractivity contribution >= 4 is 17.5 Å². The first-order valence-corrected chi connectivity index (χ1v) is 9.80. The van der Waals surface area contributed by atoms with E-state index in [0.717, 1.165) is 31.5 Å². The van der Waals surface area contributed by atoms with E-state index in [1.807, 2.05) is 41.3 Å². The molecule has 3 heterocycles. The number of aromatic nitrogens is 3. The number of nitrogens with zero attached hydrogens (tertiary/aromatic N) is 4. The number of nitrogens with one attached hydrogen (secondary N) is 1. The molecule has 1 aromatic carbocycles. The van der Waals surface area contributed by atoms with Gasteiger partial charge in [0.1, 0.15) is 6.54 Å². The molecule has 1 saturated heterocycles. The molecule has 4 rings (SSSR count). The number of hydrogen-bond donors (Lipinski definition) is 1. The van der Waals surface area contributed by atoms with Gasteiger partial charge >= 0.3 is 0 Å². The van der Waals surface area contributed by atoms with Gasteiger partial charge in [-0.1, -0.05) is 24.3 Å². The SMILES string of the molecule is O=C(Nc1cnn(CC(=O)N2CCCC[C@H]2c2ccccn2)c1)c1ccccc1. The number of likely N-dealkylation sites (tertiary alicyclic amines) is 1. The first-order chi connectivity index (χ1) is 14.2. The summed E-state index contributed by atoms with van der Waals surface area (Å²) in [6.45, 7) is 0.851. The van der Waals surface area contributed by atoms with E-state index in [9.17, 15) is 9.59 Å². The third kappa shape index (κ3) is 4.51. The number of rotatable bonds is 5. The van der Waals surface area contributed by atoms with Gasteiger partial charge in [-0.2, -0.15) is 5.10 Å². The Labute approximate surface area is 169 Å². The van der Waals surface area contributed by atoms with Crippen LogP contribution in [0, 0.1) is 0 Å². The van der Waals surface area contributed by atoms with Crippen LogP contribution in [0.3, 0.4) is 0 Å². The summed E-state index contributed by atoms with van der Waals surface area (Å²) in [6, 6.07) is 14.8. The van der Waals surface area contributed by atoms with Crippen molar-refractivity contribution in [3.05, 3.63) is 78.4 Å². The molecule has 1 N–H and O–H groups in total. The fraction of sp³-hybridized carbons (Fsp3) is 0.273. The molecule has 1 aliphatic rings. The minimum Gasteiger partial charge on any atom is -0.332 e. The molecule has 0 saturated carbocycles. The molecule has 0 unspecified atom stereocenters. The van der Waals surface area contributed by atoms with E-state index >= 15 is 0 Å². The second-order valence-electron chi connectivity index (χ2n) is 7.10. The van der Waals surface area contributed by atoms with E-state index in [0.29, 0.717) is 11.3 Å². The molecule has 2 aromatic heterocycles. The van der Waals surface area contributed by atoms with Crippen LogP contribution in [0.4, 0.5) is 5.69 Å². The van der Waals surface area contributed by atoms with Gasteiger partial charge in [0.05, 0.1) is 23.6 Å². The molecule has 0 spiro atoms. The highest BCUT2D eigenvalue weighted by molar-refractivity contribution is 6.04. The molecule has 1 aliphatic heterocycles. The van der Waals surface area contributed by atoms with Crippen molar-refractivity contribution in [2.45, 2.75) is 31.8 Å². The first kappa shape index (κ1) is 18.9. The number of amides is 2. The van der Waals surface area contributed by atoms with Crippen molar-refractivity contribution in [1.82, 2.24) is 19.7 Å². The van der Waals surface area contributed by atoms with E-state index in [-0.39, 0.29) is 24.4 Å². The second kappa shape index (κ2) is 8.68. The van der Waals surface area contributed by atoms with Crippen LogP contribution in [-0.4, -0.2) is 38.0 Å². The maximum Gasteiger partial charge on any atom is 0.255 e. The van der Waals surface area contributed by atoms with E-state index in [2.05, 4.69) is 15.4 Å². The van der Waals surface area contributed by atoms with Crippen LogP contribution in [-0.2, 0) is 11.3 Å². The van der Waals surface area contributed by atoms with Crippen molar-refractivity contribution in [1.29, 1.82) is 0 Å². The van der Waals surface area contributed by atoms with Gasteiger partial charge in [0.15, 0.2) is 0 Å². The van der Waals surface area contributed by atoms with Gasteiger partial charge in [0.25, 0.3) is 5.91 Å². The van der Waals surface area contributed by atoms with Crippen LogP contribution in [0.25, 0.3) is 0 Å². The Morgan fingerprint density at radius 3 is 2.69 bits per heavy atom. The number of carbonyl (C=O) groups is 2. The molecule has 148 valence electrons. The highest BCUT2D eigenvalue weighted by Gasteiger charge is 2.28. The Morgan fingerprint density at radius 2 is 1.90 bits per heavy atom. The van der Waals surface area contributed by atoms with Crippen molar-refractivity contribution in [3.63, 3.8) is 0 Å². The summed E-state index contributed by atoms with van der Waals surface area (Å²) in [5.74, 6) is -0.202. The summed E-state index contributed by atoms with van der Waals surface area (Å²) in [4.78, 5) is 31.6. The Kier molecular flexibility index (Phi) is 5.65. The lowest BCUT2D eigenvalue weighted by Crippen LogP contribution is -2.40. The maximum atomic E-state index is 13.0. The molecule has 29 heavy (non-hydrogen) atoms. The van der Waals surface area contributed by atoms with Crippen LogP contribution in [0.1, 0.15) is 41.4 Å². The summed E-state index contributed by atoms with van der Waals surface area (Å²) < 4.78 is 1.56. The third-order valence-corrected chi connectivity index (χ3v) is 5.08. The van der Waals surface area contributed by atoms with E-state index < -0.39 is 0 Å². The van der Waals surface area contributed by atoms with Gasteiger partial charge in [-0.25, -0.2) is 0 Å². The maximum absolute atomic E-state index is 13.0. The number of hydrogen-bond acceptors (Lipinski definition) is 4. The highest BCUT2D eigenvalue weighted by atomic mass is 16.2. The van der Waals surface area contributed by atoms with Gasteiger partial charge in [-0.3, -0.25) is 19.3 Å². The summed E-state index contributed by atoms with van der Waals surface area (Å²) in [7, 11) is 0. The number of piperidine rings is 1. The zero-order chi connectivity index (χ0) is 20.1. The molecule has 7 nitrogen and oxygen atoms in total. The zero-order valence-corrected chi connectivity index (χ0v) is 16.1. The van der Waals surface area contributed by atoms with E-state index in [1.54, 1.807) is 35.4 Å². The number of carbonyl (C=O) groups excluding carboxylic acids is 2. The van der Waals surface area contributed by atoms with Crippen LogP contribution in [0.15, 0.2) is 67.1 Å². The monoisotopic (exact) mass is 389 g/mol. The molecule has 0 radical (unpaired) electrons. The van der Waals surface area contributed by atoms with E-state index in [4.69, 9.17) is 0 Å². The summed E-state index contributed by atoms with van der Waals surface area (Å²) in [5.41, 5.74) is 2.06. The van der Waals surface area contributed by atoms with Crippen molar-refractivity contribution in [3.8, 4) is 0 Å². The molecule has 7 heteroatoms. The lowest BCUT2D eigenvalue weighted by Gasteiger charge is -2.35. The summed E-state index contributed by atoms with van der Waals surface area (Å²) in [5, 5.41) is 7.04. The first-order valence-electron chi connectivity index (χ1n) is 9.80. The molecule has 0 bridgehead atoms. The molecule has 3 aromatic rings. The minimum atomic E-state index is -0.206. The number of benzene rings is 1. The third-order valence-electron chi connectivity index (χ3n) is 5.08. The standard InChI is InChI=1S/C22H23N5O2/c28-21(27-13-7-5-11-20(27)19-10-4-6-12-23-19)16-26-15-18(14-24-26)25-22(29)17-8-2-1-3-9-17/h1-4,6,8-10,12,14-15,20H,5,7,11,13,16H2,(H,25,29)/t20-/m0/s1. The second-order valence-corrected chi connectivity index (χ2v) is 7.10. The Bertz CT molecular complexity index is 971. The predicted molar refractivity (Wildman–Crippen MR) is 109 cm³/mol. The van der Waals surface area contributed by atoms with Gasteiger partial charge in [0, 0.05) is 24.5 Å². The molecule has 1 fully saturated rings. The van der Waals surface area contributed by atoms with Crippen LogP contribution in [0.2, 0.25) is 0 Å². The summed E-state index contributed by atoms with van der Waals surface area (Å²) in [6.07, 6.45) is 8.00. The smallest absolute Gasteiger partial charge is 0.255 e. The highest BCUT2D eigenvalue weighted by Crippen LogP contribution is 2.29. The predicted octanol–water partition coefficient (Wildman–Crippen LogP) is 3.28. The Balaban J connectivity index is 1.41. The number of pyridine rings is 1. The normalized spacial score (nSPS) is 16.4.